The highest BCUT2D eigenvalue weighted by Gasteiger charge is 2.43. The van der Waals surface area contributed by atoms with E-state index in [-0.39, 0.29) is 31.9 Å². The van der Waals surface area contributed by atoms with E-state index in [9.17, 15) is 32.7 Å². The van der Waals surface area contributed by atoms with Crippen LogP contribution in [0, 0.1) is 5.92 Å². The Hall–Kier alpha value is -3.66. The predicted octanol–water partition coefficient (Wildman–Crippen LogP) is 1.11. The number of thiol groups is 1. The summed E-state index contributed by atoms with van der Waals surface area (Å²) in [5, 5.41) is 17.1. The SMILES string of the molecule is CC(C)[C@@H](C(=O)N1Cc2ccccc2C[C@H]1C(=O)N[C@@H](CCS(N)(=O)=O)C(=O)O)N(C[C@@H](N)CS)C(=O)OCc1ccccc1. The van der Waals surface area contributed by atoms with Crippen LogP contribution in [0.3, 0.4) is 0 Å². The molecule has 0 aliphatic carbocycles. The number of amides is 3. The molecule has 0 saturated carbocycles. The normalized spacial score (nSPS) is 16.7. The van der Waals surface area contributed by atoms with Crippen molar-refractivity contribution in [2.75, 3.05) is 18.1 Å². The number of carbonyl (C=O) groups is 4. The van der Waals surface area contributed by atoms with E-state index < -0.39 is 76.2 Å². The molecule has 3 amide bonds. The lowest BCUT2D eigenvalue weighted by molar-refractivity contribution is -0.148. The number of sulfonamides is 1. The van der Waals surface area contributed by atoms with Gasteiger partial charge in [-0.2, -0.15) is 12.6 Å². The van der Waals surface area contributed by atoms with Crippen molar-refractivity contribution in [1.82, 2.24) is 15.1 Å². The summed E-state index contributed by atoms with van der Waals surface area (Å²) in [5.74, 6) is -3.68. The van der Waals surface area contributed by atoms with Crippen LogP contribution >= 0.6 is 12.6 Å². The molecular weight excluding hydrogens is 622 g/mol. The number of carboxylic acid groups (broad SMARTS) is 1. The van der Waals surface area contributed by atoms with Crippen molar-refractivity contribution < 1.29 is 37.4 Å². The molecule has 0 bridgehead atoms. The van der Waals surface area contributed by atoms with Gasteiger partial charge in [0.25, 0.3) is 0 Å². The molecule has 246 valence electrons. The second-order valence-corrected chi connectivity index (χ2v) is 13.4. The van der Waals surface area contributed by atoms with Crippen molar-refractivity contribution in [2.24, 2.45) is 16.8 Å². The van der Waals surface area contributed by atoms with E-state index in [1.165, 1.54) is 9.80 Å². The lowest BCUT2D eigenvalue weighted by Crippen LogP contribution is -2.62. The number of nitrogens with zero attached hydrogens (tertiary/aromatic N) is 2. The van der Waals surface area contributed by atoms with Crippen LogP contribution in [-0.2, 0) is 48.7 Å². The van der Waals surface area contributed by atoms with E-state index in [2.05, 4.69) is 17.9 Å². The molecule has 1 aliphatic heterocycles. The fourth-order valence-electron chi connectivity index (χ4n) is 5.16. The van der Waals surface area contributed by atoms with Crippen LogP contribution in [0.1, 0.15) is 37.0 Å². The van der Waals surface area contributed by atoms with Crippen LogP contribution in [0.2, 0.25) is 0 Å². The van der Waals surface area contributed by atoms with Gasteiger partial charge < -0.3 is 25.8 Å². The van der Waals surface area contributed by atoms with E-state index >= 15 is 0 Å². The van der Waals surface area contributed by atoms with Crippen molar-refractivity contribution in [3.8, 4) is 0 Å². The first-order chi connectivity index (χ1) is 21.2. The molecular formula is C30H41N5O8S2. The first kappa shape index (κ1) is 35.8. The van der Waals surface area contributed by atoms with Gasteiger partial charge in [0.2, 0.25) is 21.8 Å². The zero-order valence-electron chi connectivity index (χ0n) is 25.2. The first-order valence-electron chi connectivity index (χ1n) is 14.5. The Morgan fingerprint density at radius 3 is 2.29 bits per heavy atom. The molecule has 13 nitrogen and oxygen atoms in total. The lowest BCUT2D eigenvalue weighted by Gasteiger charge is -2.42. The monoisotopic (exact) mass is 663 g/mol. The molecule has 45 heavy (non-hydrogen) atoms. The molecule has 0 saturated heterocycles. The zero-order chi connectivity index (χ0) is 33.3. The molecule has 0 unspecified atom stereocenters. The van der Waals surface area contributed by atoms with Crippen molar-refractivity contribution in [1.29, 1.82) is 0 Å². The number of primary sulfonamides is 1. The summed E-state index contributed by atoms with van der Waals surface area (Å²) in [5.41, 5.74) is 8.51. The molecule has 1 heterocycles. The van der Waals surface area contributed by atoms with Gasteiger partial charge in [-0.15, -0.1) is 0 Å². The minimum absolute atomic E-state index is 0.0107. The van der Waals surface area contributed by atoms with Gasteiger partial charge in [0.15, 0.2) is 0 Å². The van der Waals surface area contributed by atoms with Crippen LogP contribution in [0.5, 0.6) is 0 Å². The van der Waals surface area contributed by atoms with E-state index in [4.69, 9.17) is 15.6 Å². The summed E-state index contributed by atoms with van der Waals surface area (Å²) in [6.45, 7) is 3.43. The van der Waals surface area contributed by atoms with Gasteiger partial charge >= 0.3 is 12.1 Å². The number of ether oxygens (including phenoxy) is 1. The second-order valence-electron chi connectivity index (χ2n) is 11.3. The summed E-state index contributed by atoms with van der Waals surface area (Å²) in [7, 11) is -4.00. The third-order valence-corrected chi connectivity index (χ3v) is 8.74. The van der Waals surface area contributed by atoms with Gasteiger partial charge in [0.1, 0.15) is 24.7 Å². The third kappa shape index (κ3) is 10.2. The summed E-state index contributed by atoms with van der Waals surface area (Å²) in [4.78, 5) is 56.1. The molecule has 0 spiro atoms. The fourth-order valence-corrected chi connectivity index (χ4v) is 5.84. The van der Waals surface area contributed by atoms with Crippen molar-refractivity contribution >= 4 is 46.5 Å². The van der Waals surface area contributed by atoms with Crippen molar-refractivity contribution in [2.45, 2.75) is 64.0 Å². The van der Waals surface area contributed by atoms with Gasteiger partial charge in [-0.25, -0.2) is 23.1 Å². The number of carboxylic acids is 1. The summed E-state index contributed by atoms with van der Waals surface area (Å²) in [6.07, 6.45) is -1.17. The van der Waals surface area contributed by atoms with Crippen molar-refractivity contribution in [3.05, 3.63) is 71.3 Å². The highest BCUT2D eigenvalue weighted by molar-refractivity contribution is 7.89. The van der Waals surface area contributed by atoms with E-state index in [1.807, 2.05) is 18.2 Å². The number of carbonyl (C=O) groups excluding carboxylic acids is 3. The minimum atomic E-state index is -4.00. The average Bonchev–Trinajstić information content (AvgIpc) is 3.00. The van der Waals surface area contributed by atoms with Gasteiger partial charge in [0.05, 0.1) is 5.75 Å². The van der Waals surface area contributed by atoms with Gasteiger partial charge in [-0.3, -0.25) is 14.5 Å². The molecule has 3 rings (SSSR count). The summed E-state index contributed by atoms with van der Waals surface area (Å²) < 4.78 is 28.5. The average molecular weight is 664 g/mol. The maximum absolute atomic E-state index is 14.5. The summed E-state index contributed by atoms with van der Waals surface area (Å²) in [6, 6.07) is 11.8. The maximum Gasteiger partial charge on any atom is 0.410 e. The van der Waals surface area contributed by atoms with Crippen LogP contribution < -0.4 is 16.2 Å². The largest absolute Gasteiger partial charge is 0.480 e. The molecule has 0 aromatic heterocycles. The predicted molar refractivity (Wildman–Crippen MR) is 170 cm³/mol. The van der Waals surface area contributed by atoms with E-state index in [0.29, 0.717) is 0 Å². The molecule has 2 aromatic rings. The number of nitrogens with two attached hydrogens (primary N) is 2. The zero-order valence-corrected chi connectivity index (χ0v) is 27.0. The first-order valence-corrected chi connectivity index (χ1v) is 16.8. The van der Waals surface area contributed by atoms with Crippen LogP contribution in [-0.4, -0.2) is 89.4 Å². The van der Waals surface area contributed by atoms with Crippen molar-refractivity contribution in [3.63, 3.8) is 0 Å². The number of hydrogen-bond acceptors (Lipinski definition) is 9. The maximum atomic E-state index is 14.5. The van der Waals surface area contributed by atoms with Crippen LogP contribution in [0.15, 0.2) is 54.6 Å². The fraction of sp³-hybridized carbons (Fsp3) is 0.467. The number of aliphatic carboxylic acids is 1. The lowest BCUT2D eigenvalue weighted by atomic mass is 9.91. The van der Waals surface area contributed by atoms with Crippen LogP contribution in [0.25, 0.3) is 0 Å². The molecule has 2 aromatic carbocycles. The standard InChI is InChI=1S/C30H41N5O8S2/c1-19(2)26(35(16-23(31)18-44)30(40)43-17-20-8-4-3-5-9-20)28(37)34-15-22-11-7-6-10-21(22)14-25(34)27(36)33-24(29(38)39)12-13-45(32,41)42/h3-11,19,23-26,44H,12-18,31H2,1-2H3,(H,33,36)(H,38,39)(H2,32,41,42)/t23-,24+,25+,26+/m1/s1. The number of rotatable bonds is 14. The Kier molecular flexibility index (Phi) is 12.8. The van der Waals surface area contributed by atoms with E-state index in [1.54, 1.807) is 50.2 Å². The molecule has 6 N–H and O–H groups in total. The smallest absolute Gasteiger partial charge is 0.410 e. The molecule has 15 heteroatoms. The Bertz CT molecular complexity index is 1460. The summed E-state index contributed by atoms with van der Waals surface area (Å²) >= 11 is 4.25. The number of fused-ring (bicyclic) bond motifs is 1. The molecule has 1 aliphatic rings. The Balaban J connectivity index is 1.95. The molecule has 0 fully saturated rings. The number of benzene rings is 2. The quantitative estimate of drug-likeness (QED) is 0.184. The van der Waals surface area contributed by atoms with Gasteiger partial charge in [-0.05, 0) is 29.0 Å². The second kappa shape index (κ2) is 16.1. The van der Waals surface area contributed by atoms with E-state index in [0.717, 1.165) is 16.7 Å². The number of hydrogen-bond donors (Lipinski definition) is 5. The van der Waals surface area contributed by atoms with Gasteiger partial charge in [0, 0.05) is 31.3 Å². The highest BCUT2D eigenvalue weighted by atomic mass is 32.2. The number of nitrogens with one attached hydrogen (secondary N) is 1. The highest BCUT2D eigenvalue weighted by Crippen LogP contribution is 2.27. The Morgan fingerprint density at radius 2 is 1.71 bits per heavy atom. The Morgan fingerprint density at radius 1 is 1.09 bits per heavy atom. The molecule has 4 atom stereocenters. The third-order valence-electron chi connectivity index (χ3n) is 7.47. The minimum Gasteiger partial charge on any atom is -0.480 e. The van der Waals surface area contributed by atoms with Gasteiger partial charge in [-0.1, -0.05) is 68.4 Å². The topological polar surface area (TPSA) is 202 Å². The molecule has 0 radical (unpaired) electrons. The van der Waals surface area contributed by atoms with Crippen LogP contribution in [0.4, 0.5) is 4.79 Å². The Labute approximate surface area is 268 Å².